The summed E-state index contributed by atoms with van der Waals surface area (Å²) in [7, 11) is 0. The third-order valence-electron chi connectivity index (χ3n) is 2.54. The van der Waals surface area contributed by atoms with E-state index in [9.17, 15) is 0 Å². The lowest BCUT2D eigenvalue weighted by molar-refractivity contribution is -0.0676. The van der Waals surface area contributed by atoms with Gasteiger partial charge in [-0.25, -0.2) is 0 Å². The van der Waals surface area contributed by atoms with Crippen LogP contribution in [0.25, 0.3) is 0 Å². The van der Waals surface area contributed by atoms with Gasteiger partial charge >= 0.3 is 0 Å². The summed E-state index contributed by atoms with van der Waals surface area (Å²) >= 11 is 0. The monoisotopic (exact) mass is 168 g/mol. The van der Waals surface area contributed by atoms with E-state index in [1.165, 1.54) is 19.3 Å². The normalized spacial score (nSPS) is 22.6. The van der Waals surface area contributed by atoms with Crippen molar-refractivity contribution in [1.82, 2.24) is 0 Å². The standard InChI is InChI=1S/C11H20O/c1-4-11(12-10(2)3)8-6-5-7-9-11/h4,10H,1,5-9H2,2-3H3. The molecule has 0 unspecified atom stereocenters. The van der Waals surface area contributed by atoms with Crippen molar-refractivity contribution in [3.05, 3.63) is 12.7 Å². The van der Waals surface area contributed by atoms with Crippen LogP contribution < -0.4 is 0 Å². The molecule has 1 fully saturated rings. The number of ether oxygens (including phenoxy) is 1. The molecule has 0 N–H and O–H groups in total. The molecule has 0 aromatic rings. The van der Waals surface area contributed by atoms with Gasteiger partial charge in [0.25, 0.3) is 0 Å². The largest absolute Gasteiger partial charge is 0.368 e. The summed E-state index contributed by atoms with van der Waals surface area (Å²) in [6, 6.07) is 0. The zero-order valence-electron chi connectivity index (χ0n) is 8.31. The van der Waals surface area contributed by atoms with E-state index in [2.05, 4.69) is 20.4 Å². The van der Waals surface area contributed by atoms with Crippen LogP contribution in [-0.2, 0) is 4.74 Å². The summed E-state index contributed by atoms with van der Waals surface area (Å²) in [5.74, 6) is 0. The Labute approximate surface area is 75.8 Å². The lowest BCUT2D eigenvalue weighted by Crippen LogP contribution is -2.35. The molecule has 1 aliphatic carbocycles. The molecule has 1 nitrogen and oxygen atoms in total. The van der Waals surface area contributed by atoms with Crippen LogP contribution >= 0.6 is 0 Å². The Morgan fingerprint density at radius 3 is 2.25 bits per heavy atom. The molecule has 0 heterocycles. The highest BCUT2D eigenvalue weighted by Gasteiger charge is 2.30. The molecule has 0 amide bonds. The van der Waals surface area contributed by atoms with Gasteiger partial charge in [0.05, 0.1) is 11.7 Å². The van der Waals surface area contributed by atoms with Crippen molar-refractivity contribution in [2.45, 2.75) is 57.7 Å². The Kier molecular flexibility index (Phi) is 3.33. The average molecular weight is 168 g/mol. The van der Waals surface area contributed by atoms with Gasteiger partial charge in [-0.2, -0.15) is 0 Å². The molecule has 0 saturated heterocycles. The first-order chi connectivity index (χ1) is 5.68. The molecule has 0 aliphatic heterocycles. The van der Waals surface area contributed by atoms with Crippen LogP contribution in [-0.4, -0.2) is 11.7 Å². The van der Waals surface area contributed by atoms with Crippen molar-refractivity contribution in [1.29, 1.82) is 0 Å². The van der Waals surface area contributed by atoms with E-state index < -0.39 is 0 Å². The van der Waals surface area contributed by atoms with Crippen molar-refractivity contribution in [3.8, 4) is 0 Å². The fourth-order valence-electron chi connectivity index (χ4n) is 1.99. The van der Waals surface area contributed by atoms with Gasteiger partial charge in [0.1, 0.15) is 0 Å². The van der Waals surface area contributed by atoms with E-state index in [1.54, 1.807) is 0 Å². The van der Waals surface area contributed by atoms with Gasteiger partial charge in [-0.05, 0) is 26.7 Å². The van der Waals surface area contributed by atoms with Crippen LogP contribution in [0.15, 0.2) is 12.7 Å². The molecule has 1 saturated carbocycles. The first-order valence-corrected chi connectivity index (χ1v) is 5.00. The van der Waals surface area contributed by atoms with Crippen molar-refractivity contribution < 1.29 is 4.74 Å². The topological polar surface area (TPSA) is 9.23 Å². The summed E-state index contributed by atoms with van der Waals surface area (Å²) in [6.07, 6.45) is 8.59. The van der Waals surface area contributed by atoms with E-state index in [0.29, 0.717) is 6.10 Å². The predicted molar refractivity (Wildman–Crippen MR) is 52.2 cm³/mol. The fourth-order valence-corrected chi connectivity index (χ4v) is 1.99. The quantitative estimate of drug-likeness (QED) is 0.587. The van der Waals surface area contributed by atoms with E-state index in [1.807, 2.05) is 6.08 Å². The Hall–Kier alpha value is -0.300. The molecular formula is C11H20O. The summed E-state index contributed by atoms with van der Waals surface area (Å²) in [5, 5.41) is 0. The summed E-state index contributed by atoms with van der Waals surface area (Å²) < 4.78 is 5.91. The minimum atomic E-state index is 0.00637. The third kappa shape index (κ3) is 2.34. The van der Waals surface area contributed by atoms with Crippen LogP contribution in [0, 0.1) is 0 Å². The van der Waals surface area contributed by atoms with Crippen LogP contribution in [0.4, 0.5) is 0 Å². The fraction of sp³-hybridized carbons (Fsp3) is 0.818. The van der Waals surface area contributed by atoms with Crippen molar-refractivity contribution in [2.24, 2.45) is 0 Å². The molecular weight excluding hydrogens is 148 g/mol. The maximum Gasteiger partial charge on any atom is 0.0863 e. The maximum absolute atomic E-state index is 5.91. The van der Waals surface area contributed by atoms with Crippen molar-refractivity contribution in [3.63, 3.8) is 0 Å². The van der Waals surface area contributed by atoms with Gasteiger partial charge in [0.15, 0.2) is 0 Å². The SMILES string of the molecule is C=CC1(OC(C)C)CCCCC1. The third-order valence-corrected chi connectivity index (χ3v) is 2.54. The Bertz CT molecular complexity index is 143. The molecule has 70 valence electrons. The molecule has 1 heteroatoms. The zero-order chi connectivity index (χ0) is 9.03. The van der Waals surface area contributed by atoms with Crippen LogP contribution in [0.1, 0.15) is 46.0 Å². The van der Waals surface area contributed by atoms with Crippen LogP contribution in [0.3, 0.4) is 0 Å². The second-order valence-electron chi connectivity index (χ2n) is 4.00. The minimum absolute atomic E-state index is 0.00637. The van der Waals surface area contributed by atoms with E-state index in [0.717, 1.165) is 12.8 Å². The number of hydrogen-bond acceptors (Lipinski definition) is 1. The van der Waals surface area contributed by atoms with Crippen LogP contribution in [0.2, 0.25) is 0 Å². The second kappa shape index (κ2) is 4.08. The van der Waals surface area contributed by atoms with Gasteiger partial charge < -0.3 is 4.74 Å². The summed E-state index contributed by atoms with van der Waals surface area (Å²) in [5.41, 5.74) is 0.00637. The highest BCUT2D eigenvalue weighted by Crippen LogP contribution is 2.33. The number of rotatable bonds is 3. The van der Waals surface area contributed by atoms with Gasteiger partial charge in [0, 0.05) is 0 Å². The molecule has 1 rings (SSSR count). The van der Waals surface area contributed by atoms with Gasteiger partial charge in [-0.1, -0.05) is 25.3 Å². The van der Waals surface area contributed by atoms with E-state index in [-0.39, 0.29) is 5.60 Å². The summed E-state index contributed by atoms with van der Waals surface area (Å²) in [6.45, 7) is 8.08. The lowest BCUT2D eigenvalue weighted by Gasteiger charge is -2.36. The first kappa shape index (κ1) is 9.79. The molecule has 0 bridgehead atoms. The lowest BCUT2D eigenvalue weighted by atomic mass is 9.84. The van der Waals surface area contributed by atoms with Crippen molar-refractivity contribution >= 4 is 0 Å². The Balaban J connectivity index is 2.53. The van der Waals surface area contributed by atoms with E-state index >= 15 is 0 Å². The van der Waals surface area contributed by atoms with Gasteiger partial charge in [-0.3, -0.25) is 0 Å². The molecule has 0 aromatic heterocycles. The Morgan fingerprint density at radius 1 is 1.25 bits per heavy atom. The molecule has 1 aliphatic rings. The van der Waals surface area contributed by atoms with Crippen LogP contribution in [0.5, 0.6) is 0 Å². The highest BCUT2D eigenvalue weighted by molar-refractivity contribution is 4.99. The number of hydrogen-bond donors (Lipinski definition) is 0. The van der Waals surface area contributed by atoms with E-state index in [4.69, 9.17) is 4.74 Å². The predicted octanol–water partition coefficient (Wildman–Crippen LogP) is 3.30. The molecule has 0 atom stereocenters. The smallest absolute Gasteiger partial charge is 0.0863 e. The van der Waals surface area contributed by atoms with Crippen molar-refractivity contribution in [2.75, 3.05) is 0 Å². The molecule has 0 spiro atoms. The van der Waals surface area contributed by atoms with Gasteiger partial charge in [0.2, 0.25) is 0 Å². The Morgan fingerprint density at radius 2 is 1.83 bits per heavy atom. The maximum atomic E-state index is 5.91. The average Bonchev–Trinajstić information content (AvgIpc) is 2.05. The summed E-state index contributed by atoms with van der Waals surface area (Å²) in [4.78, 5) is 0. The minimum Gasteiger partial charge on any atom is -0.368 e. The zero-order valence-corrected chi connectivity index (χ0v) is 8.31. The molecule has 12 heavy (non-hydrogen) atoms. The molecule has 0 radical (unpaired) electrons. The highest BCUT2D eigenvalue weighted by atomic mass is 16.5. The molecule has 0 aromatic carbocycles. The van der Waals surface area contributed by atoms with Gasteiger partial charge in [-0.15, -0.1) is 6.58 Å². The first-order valence-electron chi connectivity index (χ1n) is 5.00. The second-order valence-corrected chi connectivity index (χ2v) is 4.00.